The SMILES string of the molecule is CCOC1(C(N)Cc2c(C)cc(C)cc2C)CCCC1. The Morgan fingerprint density at radius 2 is 1.70 bits per heavy atom. The van der Waals surface area contributed by atoms with Crippen LogP contribution in [0.25, 0.3) is 0 Å². The second kappa shape index (κ2) is 6.28. The van der Waals surface area contributed by atoms with E-state index in [2.05, 4.69) is 39.8 Å². The summed E-state index contributed by atoms with van der Waals surface area (Å²) in [6.45, 7) is 9.39. The first-order valence-electron chi connectivity index (χ1n) is 7.95. The average Bonchev–Trinajstić information content (AvgIpc) is 2.83. The molecule has 20 heavy (non-hydrogen) atoms. The topological polar surface area (TPSA) is 35.2 Å². The Kier molecular flexibility index (Phi) is 4.87. The second-order valence-electron chi connectivity index (χ2n) is 6.39. The van der Waals surface area contributed by atoms with Crippen LogP contribution in [0.4, 0.5) is 0 Å². The van der Waals surface area contributed by atoms with E-state index in [1.807, 2.05) is 0 Å². The summed E-state index contributed by atoms with van der Waals surface area (Å²) in [6.07, 6.45) is 5.66. The molecule has 1 aromatic carbocycles. The van der Waals surface area contributed by atoms with Crippen molar-refractivity contribution in [2.24, 2.45) is 5.73 Å². The highest BCUT2D eigenvalue weighted by atomic mass is 16.5. The largest absolute Gasteiger partial charge is 0.374 e. The zero-order valence-corrected chi connectivity index (χ0v) is 13.5. The summed E-state index contributed by atoms with van der Waals surface area (Å²) in [5.74, 6) is 0. The normalized spacial score (nSPS) is 19.2. The Morgan fingerprint density at radius 3 is 2.20 bits per heavy atom. The van der Waals surface area contributed by atoms with E-state index in [4.69, 9.17) is 10.5 Å². The van der Waals surface area contributed by atoms with Crippen molar-refractivity contribution in [1.82, 2.24) is 0 Å². The summed E-state index contributed by atoms with van der Waals surface area (Å²) in [4.78, 5) is 0. The van der Waals surface area contributed by atoms with Gasteiger partial charge in [-0.1, -0.05) is 30.5 Å². The Morgan fingerprint density at radius 1 is 1.15 bits per heavy atom. The summed E-state index contributed by atoms with van der Waals surface area (Å²) >= 11 is 0. The van der Waals surface area contributed by atoms with Crippen LogP contribution in [0.3, 0.4) is 0 Å². The van der Waals surface area contributed by atoms with E-state index in [1.54, 1.807) is 0 Å². The Balaban J connectivity index is 2.20. The molecule has 2 nitrogen and oxygen atoms in total. The summed E-state index contributed by atoms with van der Waals surface area (Å²) in [7, 11) is 0. The highest BCUT2D eigenvalue weighted by molar-refractivity contribution is 5.38. The van der Waals surface area contributed by atoms with Gasteiger partial charge < -0.3 is 10.5 Å². The van der Waals surface area contributed by atoms with Crippen molar-refractivity contribution in [3.05, 3.63) is 34.4 Å². The lowest BCUT2D eigenvalue weighted by molar-refractivity contribution is -0.0525. The fraction of sp³-hybridized carbons (Fsp3) is 0.667. The monoisotopic (exact) mass is 275 g/mol. The average molecular weight is 275 g/mol. The molecule has 1 aliphatic carbocycles. The number of nitrogens with two attached hydrogens (primary N) is 1. The van der Waals surface area contributed by atoms with Crippen molar-refractivity contribution in [1.29, 1.82) is 0 Å². The van der Waals surface area contributed by atoms with Crippen molar-refractivity contribution in [2.45, 2.75) is 71.4 Å². The minimum absolute atomic E-state index is 0.0848. The van der Waals surface area contributed by atoms with E-state index in [1.165, 1.54) is 35.1 Å². The van der Waals surface area contributed by atoms with Gasteiger partial charge in [0.15, 0.2) is 0 Å². The molecule has 0 saturated heterocycles. The molecule has 0 amide bonds. The molecule has 1 unspecified atom stereocenters. The standard InChI is InChI=1S/C18H29NO/c1-5-20-18(8-6-7-9-18)17(19)12-16-14(3)10-13(2)11-15(16)4/h10-11,17H,5-9,12,19H2,1-4H3. The molecule has 0 spiro atoms. The van der Waals surface area contributed by atoms with E-state index in [9.17, 15) is 0 Å². The van der Waals surface area contributed by atoms with Gasteiger partial charge in [0.1, 0.15) is 0 Å². The third-order valence-corrected chi connectivity index (χ3v) is 4.82. The van der Waals surface area contributed by atoms with Crippen LogP contribution in [0, 0.1) is 20.8 Å². The first kappa shape index (κ1) is 15.5. The molecular formula is C18H29NO. The molecule has 0 radical (unpaired) electrons. The predicted octanol–water partition coefficient (Wildman–Crippen LogP) is 3.83. The molecule has 0 heterocycles. The summed E-state index contributed by atoms with van der Waals surface area (Å²) < 4.78 is 6.10. The van der Waals surface area contributed by atoms with Crippen LogP contribution in [0.1, 0.15) is 54.9 Å². The molecule has 0 aliphatic heterocycles. The minimum atomic E-state index is -0.0848. The molecule has 2 N–H and O–H groups in total. The first-order valence-corrected chi connectivity index (χ1v) is 7.95. The fourth-order valence-corrected chi connectivity index (χ4v) is 3.82. The number of aryl methyl sites for hydroxylation is 3. The van der Waals surface area contributed by atoms with Crippen molar-refractivity contribution < 1.29 is 4.74 Å². The lowest BCUT2D eigenvalue weighted by atomic mass is 9.85. The van der Waals surface area contributed by atoms with Gasteiger partial charge in [-0.05, 0) is 63.6 Å². The fourth-order valence-electron chi connectivity index (χ4n) is 3.82. The molecular weight excluding hydrogens is 246 g/mol. The van der Waals surface area contributed by atoms with Crippen molar-refractivity contribution in [3.8, 4) is 0 Å². The van der Waals surface area contributed by atoms with Crippen molar-refractivity contribution >= 4 is 0 Å². The maximum atomic E-state index is 6.58. The van der Waals surface area contributed by atoms with Crippen LogP contribution in [-0.4, -0.2) is 18.2 Å². The molecule has 112 valence electrons. The van der Waals surface area contributed by atoms with E-state index in [-0.39, 0.29) is 11.6 Å². The van der Waals surface area contributed by atoms with Gasteiger partial charge in [-0.25, -0.2) is 0 Å². The summed E-state index contributed by atoms with van der Waals surface area (Å²) in [6, 6.07) is 4.62. The second-order valence-corrected chi connectivity index (χ2v) is 6.39. The molecule has 2 rings (SSSR count). The van der Waals surface area contributed by atoms with Gasteiger partial charge in [-0.15, -0.1) is 0 Å². The zero-order chi connectivity index (χ0) is 14.8. The molecule has 0 bridgehead atoms. The highest BCUT2D eigenvalue weighted by Gasteiger charge is 2.40. The van der Waals surface area contributed by atoms with Crippen LogP contribution in [0.5, 0.6) is 0 Å². The molecule has 0 aromatic heterocycles. The van der Waals surface area contributed by atoms with Crippen LogP contribution in [0.15, 0.2) is 12.1 Å². The number of benzene rings is 1. The van der Waals surface area contributed by atoms with Crippen LogP contribution in [-0.2, 0) is 11.2 Å². The van der Waals surface area contributed by atoms with Gasteiger partial charge >= 0.3 is 0 Å². The van der Waals surface area contributed by atoms with Gasteiger partial charge in [-0.2, -0.15) is 0 Å². The van der Waals surface area contributed by atoms with Gasteiger partial charge in [0.2, 0.25) is 0 Å². The third kappa shape index (κ3) is 3.07. The van der Waals surface area contributed by atoms with E-state index in [0.29, 0.717) is 0 Å². The zero-order valence-electron chi connectivity index (χ0n) is 13.5. The molecule has 1 saturated carbocycles. The minimum Gasteiger partial charge on any atom is -0.374 e. The first-order chi connectivity index (χ1) is 9.48. The number of hydrogen-bond acceptors (Lipinski definition) is 2. The summed E-state index contributed by atoms with van der Waals surface area (Å²) in [5, 5.41) is 0. The Hall–Kier alpha value is -0.860. The maximum Gasteiger partial charge on any atom is 0.0835 e. The van der Waals surface area contributed by atoms with E-state index >= 15 is 0 Å². The van der Waals surface area contributed by atoms with Crippen molar-refractivity contribution in [3.63, 3.8) is 0 Å². The maximum absolute atomic E-state index is 6.58. The lowest BCUT2D eigenvalue weighted by Gasteiger charge is -2.35. The van der Waals surface area contributed by atoms with Crippen molar-refractivity contribution in [2.75, 3.05) is 6.61 Å². The third-order valence-electron chi connectivity index (χ3n) is 4.82. The molecule has 2 heteroatoms. The van der Waals surface area contributed by atoms with E-state index in [0.717, 1.165) is 25.9 Å². The molecule has 1 fully saturated rings. The number of ether oxygens (including phenoxy) is 1. The quantitative estimate of drug-likeness (QED) is 0.886. The predicted molar refractivity (Wildman–Crippen MR) is 85.2 cm³/mol. The Bertz CT molecular complexity index is 437. The van der Waals surface area contributed by atoms with E-state index < -0.39 is 0 Å². The van der Waals surface area contributed by atoms with Crippen LogP contribution < -0.4 is 5.73 Å². The molecule has 1 aromatic rings. The Labute approximate surface area is 123 Å². The smallest absolute Gasteiger partial charge is 0.0835 e. The summed E-state index contributed by atoms with van der Waals surface area (Å²) in [5.41, 5.74) is 12.0. The van der Waals surface area contributed by atoms with Gasteiger partial charge in [-0.3, -0.25) is 0 Å². The highest BCUT2D eigenvalue weighted by Crippen LogP contribution is 2.37. The van der Waals surface area contributed by atoms with Gasteiger partial charge in [0.05, 0.1) is 5.60 Å². The van der Waals surface area contributed by atoms with Gasteiger partial charge in [0, 0.05) is 12.6 Å². The van der Waals surface area contributed by atoms with Crippen LogP contribution >= 0.6 is 0 Å². The van der Waals surface area contributed by atoms with Crippen LogP contribution in [0.2, 0.25) is 0 Å². The number of rotatable bonds is 5. The number of hydrogen-bond donors (Lipinski definition) is 1. The molecule has 1 aliphatic rings. The molecule has 1 atom stereocenters. The van der Waals surface area contributed by atoms with Gasteiger partial charge in [0.25, 0.3) is 0 Å². The lowest BCUT2D eigenvalue weighted by Crippen LogP contribution is -2.49.